The van der Waals surface area contributed by atoms with Crippen LogP contribution in [0.1, 0.15) is 35.8 Å². The van der Waals surface area contributed by atoms with Gasteiger partial charge in [0.1, 0.15) is 5.52 Å². The number of benzene rings is 1. The standard InChI is InChI=1S/C14H16N2O.ClH/c1-2-9(1)14-16-12-7-10-3-5-15-6-4-11(10)8-13(12)17-14;/h7-9,15H,1-6H2;1H. The van der Waals surface area contributed by atoms with Crippen molar-refractivity contribution in [2.45, 2.75) is 31.6 Å². The summed E-state index contributed by atoms with van der Waals surface area (Å²) in [5.74, 6) is 1.56. The molecule has 0 unspecified atom stereocenters. The first-order valence-electron chi connectivity index (χ1n) is 6.53. The third-order valence-corrected chi connectivity index (χ3v) is 3.80. The number of oxazole rings is 1. The van der Waals surface area contributed by atoms with E-state index in [1.165, 1.54) is 24.0 Å². The van der Waals surface area contributed by atoms with Crippen LogP contribution in [0.4, 0.5) is 0 Å². The van der Waals surface area contributed by atoms with Gasteiger partial charge in [-0.3, -0.25) is 0 Å². The van der Waals surface area contributed by atoms with E-state index in [2.05, 4.69) is 22.4 Å². The normalized spacial score (nSPS) is 19.1. The molecule has 1 N–H and O–H groups in total. The highest BCUT2D eigenvalue weighted by Crippen LogP contribution is 2.40. The maximum absolute atomic E-state index is 5.87. The molecule has 0 saturated heterocycles. The van der Waals surface area contributed by atoms with E-state index < -0.39 is 0 Å². The van der Waals surface area contributed by atoms with Crippen molar-refractivity contribution < 1.29 is 4.42 Å². The van der Waals surface area contributed by atoms with E-state index in [0.29, 0.717) is 5.92 Å². The highest BCUT2D eigenvalue weighted by Gasteiger charge is 2.29. The lowest BCUT2D eigenvalue weighted by Crippen LogP contribution is -2.16. The van der Waals surface area contributed by atoms with E-state index in [-0.39, 0.29) is 12.4 Å². The maximum Gasteiger partial charge on any atom is 0.198 e. The Kier molecular flexibility index (Phi) is 3.04. The fourth-order valence-electron chi connectivity index (χ4n) is 2.62. The molecule has 0 radical (unpaired) electrons. The van der Waals surface area contributed by atoms with Crippen LogP contribution in [0.2, 0.25) is 0 Å². The minimum absolute atomic E-state index is 0. The molecule has 0 bridgehead atoms. The number of halogens is 1. The Balaban J connectivity index is 0.000001000. The number of aromatic nitrogens is 1. The van der Waals surface area contributed by atoms with Gasteiger partial charge in [0.05, 0.1) is 0 Å². The molecule has 1 aliphatic carbocycles. The molecule has 0 amide bonds. The van der Waals surface area contributed by atoms with Crippen LogP contribution < -0.4 is 5.32 Å². The van der Waals surface area contributed by atoms with E-state index in [4.69, 9.17) is 4.42 Å². The maximum atomic E-state index is 5.87. The van der Waals surface area contributed by atoms with Crippen molar-refractivity contribution >= 4 is 23.5 Å². The van der Waals surface area contributed by atoms with Gasteiger partial charge in [0.25, 0.3) is 0 Å². The Hall–Kier alpha value is -1.06. The predicted octanol–water partition coefficient (Wildman–Crippen LogP) is 2.82. The molecule has 1 aromatic carbocycles. The molecule has 0 spiro atoms. The van der Waals surface area contributed by atoms with Crippen LogP contribution in [0, 0.1) is 0 Å². The first kappa shape index (κ1) is 12.0. The molecule has 96 valence electrons. The Morgan fingerprint density at radius 1 is 1.11 bits per heavy atom. The molecular formula is C14H17ClN2O. The molecular weight excluding hydrogens is 248 g/mol. The summed E-state index contributed by atoms with van der Waals surface area (Å²) in [5, 5.41) is 3.43. The Bertz CT molecular complexity index is 531. The first-order valence-corrected chi connectivity index (χ1v) is 6.53. The van der Waals surface area contributed by atoms with Crippen molar-refractivity contribution in [1.82, 2.24) is 10.3 Å². The number of fused-ring (bicyclic) bond motifs is 2. The van der Waals surface area contributed by atoms with Gasteiger partial charge in [-0.2, -0.15) is 0 Å². The molecule has 2 aliphatic rings. The van der Waals surface area contributed by atoms with Gasteiger partial charge in [-0.15, -0.1) is 12.4 Å². The molecule has 2 heterocycles. The monoisotopic (exact) mass is 264 g/mol. The smallest absolute Gasteiger partial charge is 0.198 e. The van der Waals surface area contributed by atoms with Gasteiger partial charge in [0.2, 0.25) is 0 Å². The summed E-state index contributed by atoms with van der Waals surface area (Å²) >= 11 is 0. The van der Waals surface area contributed by atoms with E-state index in [9.17, 15) is 0 Å². The van der Waals surface area contributed by atoms with E-state index in [0.717, 1.165) is 42.9 Å². The van der Waals surface area contributed by atoms with Crippen molar-refractivity contribution in [1.29, 1.82) is 0 Å². The summed E-state index contributed by atoms with van der Waals surface area (Å²) in [4.78, 5) is 4.63. The second kappa shape index (κ2) is 4.56. The Morgan fingerprint density at radius 2 is 1.83 bits per heavy atom. The van der Waals surface area contributed by atoms with Gasteiger partial charge < -0.3 is 9.73 Å². The summed E-state index contributed by atoms with van der Waals surface area (Å²) < 4.78 is 5.87. The van der Waals surface area contributed by atoms with Crippen LogP contribution in [0.5, 0.6) is 0 Å². The van der Waals surface area contributed by atoms with Crippen molar-refractivity contribution in [3.63, 3.8) is 0 Å². The van der Waals surface area contributed by atoms with Crippen LogP contribution in [0.15, 0.2) is 16.5 Å². The lowest BCUT2D eigenvalue weighted by molar-refractivity contribution is 0.533. The minimum Gasteiger partial charge on any atom is -0.440 e. The van der Waals surface area contributed by atoms with Crippen molar-refractivity contribution in [2.24, 2.45) is 0 Å². The van der Waals surface area contributed by atoms with Gasteiger partial charge in [-0.1, -0.05) is 0 Å². The lowest BCUT2D eigenvalue weighted by Gasteiger charge is -2.03. The van der Waals surface area contributed by atoms with Gasteiger partial charge in [0.15, 0.2) is 11.5 Å². The molecule has 1 fully saturated rings. The molecule has 18 heavy (non-hydrogen) atoms. The van der Waals surface area contributed by atoms with Crippen molar-refractivity contribution in [3.8, 4) is 0 Å². The van der Waals surface area contributed by atoms with E-state index in [1.54, 1.807) is 0 Å². The van der Waals surface area contributed by atoms with Gasteiger partial charge in [-0.05, 0) is 62.0 Å². The summed E-state index contributed by atoms with van der Waals surface area (Å²) in [6, 6.07) is 4.43. The van der Waals surface area contributed by atoms with Gasteiger partial charge in [-0.25, -0.2) is 4.98 Å². The molecule has 1 aromatic heterocycles. The second-order valence-corrected chi connectivity index (χ2v) is 5.17. The SMILES string of the molecule is Cl.c1c2c(cc3oc(C4CC4)nc13)CCNCC2. The fourth-order valence-corrected chi connectivity index (χ4v) is 2.62. The zero-order valence-electron chi connectivity index (χ0n) is 10.2. The quantitative estimate of drug-likeness (QED) is 0.861. The van der Waals surface area contributed by atoms with E-state index >= 15 is 0 Å². The summed E-state index contributed by atoms with van der Waals surface area (Å²) in [7, 11) is 0. The van der Waals surface area contributed by atoms with Crippen molar-refractivity contribution in [2.75, 3.05) is 13.1 Å². The highest BCUT2D eigenvalue weighted by molar-refractivity contribution is 5.85. The summed E-state index contributed by atoms with van der Waals surface area (Å²) in [6.45, 7) is 2.15. The predicted molar refractivity (Wildman–Crippen MR) is 73.5 cm³/mol. The number of rotatable bonds is 1. The third kappa shape index (κ3) is 2.02. The first-order chi connectivity index (χ1) is 8.40. The van der Waals surface area contributed by atoms with Crippen molar-refractivity contribution in [3.05, 3.63) is 29.2 Å². The fraction of sp³-hybridized carbons (Fsp3) is 0.500. The second-order valence-electron chi connectivity index (χ2n) is 5.17. The largest absolute Gasteiger partial charge is 0.440 e. The molecule has 4 rings (SSSR count). The topological polar surface area (TPSA) is 38.1 Å². The zero-order valence-corrected chi connectivity index (χ0v) is 11.1. The molecule has 3 nitrogen and oxygen atoms in total. The Morgan fingerprint density at radius 3 is 2.56 bits per heavy atom. The molecule has 4 heteroatoms. The molecule has 0 atom stereocenters. The number of nitrogens with one attached hydrogen (secondary N) is 1. The lowest BCUT2D eigenvalue weighted by atomic mass is 10.0. The highest BCUT2D eigenvalue weighted by atomic mass is 35.5. The number of hydrogen-bond acceptors (Lipinski definition) is 3. The average Bonchev–Trinajstić information content (AvgIpc) is 3.11. The number of hydrogen-bond donors (Lipinski definition) is 1. The van der Waals surface area contributed by atoms with E-state index in [1.807, 2.05) is 0 Å². The van der Waals surface area contributed by atoms with Crippen LogP contribution in [-0.2, 0) is 12.8 Å². The summed E-state index contributed by atoms with van der Waals surface area (Å²) in [5.41, 5.74) is 4.90. The third-order valence-electron chi connectivity index (χ3n) is 3.80. The van der Waals surface area contributed by atoms with Gasteiger partial charge >= 0.3 is 0 Å². The summed E-state index contributed by atoms with van der Waals surface area (Å²) in [6.07, 6.45) is 4.70. The molecule has 1 aliphatic heterocycles. The molecule has 2 aromatic rings. The average molecular weight is 265 g/mol. The van der Waals surface area contributed by atoms with Crippen LogP contribution in [0.3, 0.4) is 0 Å². The minimum atomic E-state index is 0. The zero-order chi connectivity index (χ0) is 11.2. The Labute approximate surface area is 112 Å². The van der Waals surface area contributed by atoms with Gasteiger partial charge in [0, 0.05) is 5.92 Å². The van der Waals surface area contributed by atoms with Crippen LogP contribution in [-0.4, -0.2) is 18.1 Å². The van der Waals surface area contributed by atoms with Crippen LogP contribution in [0.25, 0.3) is 11.1 Å². The van der Waals surface area contributed by atoms with Crippen LogP contribution >= 0.6 is 12.4 Å². The number of nitrogens with zero attached hydrogens (tertiary/aromatic N) is 1. The molecule has 1 saturated carbocycles.